The van der Waals surface area contributed by atoms with E-state index in [4.69, 9.17) is 4.42 Å². The second kappa shape index (κ2) is 8.36. The van der Waals surface area contributed by atoms with Gasteiger partial charge in [-0.25, -0.2) is 4.39 Å². The van der Waals surface area contributed by atoms with Crippen LogP contribution in [0.4, 0.5) is 4.39 Å². The summed E-state index contributed by atoms with van der Waals surface area (Å²) >= 11 is 0. The van der Waals surface area contributed by atoms with E-state index in [1.807, 2.05) is 24.5 Å². The molecule has 3 aromatic rings. The third-order valence-corrected chi connectivity index (χ3v) is 7.17. The Kier molecular flexibility index (Phi) is 5.51. The first-order valence-corrected chi connectivity index (χ1v) is 11.8. The van der Waals surface area contributed by atoms with Crippen molar-refractivity contribution < 1.29 is 18.4 Å². The highest BCUT2D eigenvalue weighted by atomic mass is 19.1. The Morgan fingerprint density at radius 3 is 2.55 bits per heavy atom. The zero-order chi connectivity index (χ0) is 23.2. The molecule has 7 heteroatoms. The number of nitrogens with zero attached hydrogens (tertiary/aromatic N) is 2. The number of aromatic nitrogens is 1. The molecule has 0 radical (unpaired) electrons. The fourth-order valence-corrected chi connectivity index (χ4v) is 5.25. The number of nitrogens with one attached hydrogen (secondary N) is 1. The number of furan rings is 1. The van der Waals surface area contributed by atoms with Gasteiger partial charge in [-0.15, -0.1) is 0 Å². The molecule has 0 spiro atoms. The van der Waals surface area contributed by atoms with Crippen LogP contribution >= 0.6 is 0 Å². The zero-order valence-electron chi connectivity index (χ0n) is 19.2. The Balaban J connectivity index is 1.52. The molecule has 1 N–H and O–H groups in total. The molecule has 2 aromatic heterocycles. The van der Waals surface area contributed by atoms with Gasteiger partial charge in [0, 0.05) is 24.7 Å². The first-order valence-electron chi connectivity index (χ1n) is 11.8. The van der Waals surface area contributed by atoms with E-state index < -0.39 is 5.54 Å². The van der Waals surface area contributed by atoms with E-state index >= 15 is 0 Å². The summed E-state index contributed by atoms with van der Waals surface area (Å²) in [6.45, 7) is 4.26. The van der Waals surface area contributed by atoms with Crippen LogP contribution in [0.1, 0.15) is 67.3 Å². The van der Waals surface area contributed by atoms with E-state index in [1.165, 1.54) is 25.0 Å². The van der Waals surface area contributed by atoms with Crippen molar-refractivity contribution in [2.75, 3.05) is 0 Å². The van der Waals surface area contributed by atoms with Crippen LogP contribution in [0.15, 0.2) is 40.8 Å². The lowest BCUT2D eigenvalue weighted by molar-refractivity contribution is -0.134. The van der Waals surface area contributed by atoms with Gasteiger partial charge in [0.25, 0.3) is 5.91 Å². The Bertz CT molecular complexity index is 1190. The van der Waals surface area contributed by atoms with E-state index in [0.29, 0.717) is 17.8 Å². The predicted molar refractivity (Wildman–Crippen MR) is 123 cm³/mol. The summed E-state index contributed by atoms with van der Waals surface area (Å²) < 4.78 is 21.1. The summed E-state index contributed by atoms with van der Waals surface area (Å²) in [5.41, 5.74) is 1.65. The fourth-order valence-electron chi connectivity index (χ4n) is 5.25. The van der Waals surface area contributed by atoms with Crippen molar-refractivity contribution in [1.82, 2.24) is 14.8 Å². The summed E-state index contributed by atoms with van der Waals surface area (Å²) in [5, 5.41) is 3.26. The van der Waals surface area contributed by atoms with Gasteiger partial charge in [-0.1, -0.05) is 37.8 Å². The quantitative estimate of drug-likeness (QED) is 0.572. The summed E-state index contributed by atoms with van der Waals surface area (Å²) in [5.74, 6) is 0.0639. The van der Waals surface area contributed by atoms with Crippen molar-refractivity contribution in [1.29, 1.82) is 0 Å². The standard InChI is InChI=1S/C26H30FN3O3/c1-17-13-21-23(33-17)14-22-24(31)30(15-18-9-11-19(27)12-10-18)26(2,16-29(21)22)25(32)28-20-7-5-3-4-6-8-20/h9-14,20H,3-8,15-16H2,1-2H3,(H,28,32). The highest BCUT2D eigenvalue weighted by molar-refractivity contribution is 6.03. The molecule has 1 saturated carbocycles. The lowest BCUT2D eigenvalue weighted by Crippen LogP contribution is -2.64. The average molecular weight is 452 g/mol. The van der Waals surface area contributed by atoms with Crippen LogP contribution < -0.4 is 5.32 Å². The fraction of sp³-hybridized carbons (Fsp3) is 0.462. The van der Waals surface area contributed by atoms with Crippen LogP contribution in [0.3, 0.4) is 0 Å². The van der Waals surface area contributed by atoms with E-state index in [-0.39, 0.29) is 30.2 Å². The number of carbonyl (C=O) groups excluding carboxylic acids is 2. The molecule has 1 unspecified atom stereocenters. The van der Waals surface area contributed by atoms with Crippen molar-refractivity contribution in [3.8, 4) is 0 Å². The van der Waals surface area contributed by atoms with Gasteiger partial charge < -0.3 is 19.2 Å². The van der Waals surface area contributed by atoms with Gasteiger partial charge in [0.05, 0.1) is 12.1 Å². The lowest BCUT2D eigenvalue weighted by atomic mass is 9.93. The maximum atomic E-state index is 13.8. The minimum Gasteiger partial charge on any atom is -0.460 e. The predicted octanol–water partition coefficient (Wildman–Crippen LogP) is 4.94. The molecule has 0 bridgehead atoms. The third-order valence-electron chi connectivity index (χ3n) is 7.17. The van der Waals surface area contributed by atoms with Crippen molar-refractivity contribution in [3.63, 3.8) is 0 Å². The topological polar surface area (TPSA) is 67.5 Å². The number of aryl methyl sites for hydroxylation is 1. The molecule has 1 aromatic carbocycles. The molecule has 3 heterocycles. The molecule has 1 fully saturated rings. The largest absolute Gasteiger partial charge is 0.460 e. The van der Waals surface area contributed by atoms with Crippen LogP contribution in [-0.4, -0.2) is 32.9 Å². The number of carbonyl (C=O) groups is 2. The summed E-state index contributed by atoms with van der Waals surface area (Å²) in [7, 11) is 0. The molecule has 2 aliphatic rings. The average Bonchev–Trinajstić information content (AvgIpc) is 3.18. The number of benzene rings is 1. The summed E-state index contributed by atoms with van der Waals surface area (Å²) in [6, 6.07) is 9.87. The number of rotatable bonds is 4. The SMILES string of the molecule is Cc1cc2c(cc3n2CC(C)(C(=O)NC2CCCCCC2)N(Cc2ccc(F)cc2)C3=O)o1. The Morgan fingerprint density at radius 1 is 1.15 bits per heavy atom. The number of amides is 2. The van der Waals surface area contributed by atoms with Crippen molar-refractivity contribution in [2.24, 2.45) is 0 Å². The minimum absolute atomic E-state index is 0.127. The molecule has 6 nitrogen and oxygen atoms in total. The maximum Gasteiger partial charge on any atom is 0.271 e. The van der Waals surface area contributed by atoms with Crippen molar-refractivity contribution in [3.05, 3.63) is 59.2 Å². The molecule has 0 saturated heterocycles. The molecular formula is C26H30FN3O3. The number of halogens is 1. The smallest absolute Gasteiger partial charge is 0.271 e. The van der Waals surface area contributed by atoms with Gasteiger partial charge in [0.2, 0.25) is 5.91 Å². The van der Waals surface area contributed by atoms with E-state index in [0.717, 1.165) is 42.5 Å². The van der Waals surface area contributed by atoms with Crippen molar-refractivity contribution in [2.45, 2.75) is 77.0 Å². The monoisotopic (exact) mass is 451 g/mol. The van der Waals surface area contributed by atoms with Gasteiger partial charge in [-0.3, -0.25) is 9.59 Å². The van der Waals surface area contributed by atoms with Crippen LogP contribution in [0.25, 0.3) is 11.1 Å². The van der Waals surface area contributed by atoms with E-state index in [9.17, 15) is 14.0 Å². The second-order valence-electron chi connectivity index (χ2n) is 9.68. The molecule has 5 rings (SSSR count). The first-order chi connectivity index (χ1) is 15.8. The van der Waals surface area contributed by atoms with Gasteiger partial charge in [-0.05, 0) is 44.4 Å². The maximum absolute atomic E-state index is 13.8. The van der Waals surface area contributed by atoms with Gasteiger partial charge in [-0.2, -0.15) is 0 Å². The van der Waals surface area contributed by atoms with Crippen LogP contribution in [0, 0.1) is 12.7 Å². The molecule has 1 aliphatic carbocycles. The van der Waals surface area contributed by atoms with Gasteiger partial charge in [0.1, 0.15) is 22.8 Å². The second-order valence-corrected chi connectivity index (χ2v) is 9.68. The highest BCUT2D eigenvalue weighted by Gasteiger charge is 2.48. The molecule has 2 amide bonds. The van der Waals surface area contributed by atoms with Crippen molar-refractivity contribution >= 4 is 22.9 Å². The van der Waals surface area contributed by atoms with Crippen LogP contribution in [0.5, 0.6) is 0 Å². The van der Waals surface area contributed by atoms with Crippen LogP contribution in [-0.2, 0) is 17.9 Å². The molecule has 1 aliphatic heterocycles. The van der Waals surface area contributed by atoms with Gasteiger partial charge in [0.15, 0.2) is 5.58 Å². The Hall–Kier alpha value is -3.09. The zero-order valence-corrected chi connectivity index (χ0v) is 19.2. The van der Waals surface area contributed by atoms with E-state index in [2.05, 4.69) is 5.32 Å². The van der Waals surface area contributed by atoms with E-state index in [1.54, 1.807) is 23.1 Å². The number of fused-ring (bicyclic) bond motifs is 3. The molecular weight excluding hydrogens is 421 g/mol. The molecule has 1 atom stereocenters. The molecule has 174 valence electrons. The summed E-state index contributed by atoms with van der Waals surface area (Å²) in [6.07, 6.45) is 6.54. The van der Waals surface area contributed by atoms with Gasteiger partial charge >= 0.3 is 0 Å². The highest BCUT2D eigenvalue weighted by Crippen LogP contribution is 2.35. The number of hydrogen-bond donors (Lipinski definition) is 1. The van der Waals surface area contributed by atoms with Crippen LogP contribution in [0.2, 0.25) is 0 Å². The summed E-state index contributed by atoms with van der Waals surface area (Å²) in [4.78, 5) is 29.1. The first kappa shape index (κ1) is 21.7. The third kappa shape index (κ3) is 3.94. The minimum atomic E-state index is -1.10. The molecule has 33 heavy (non-hydrogen) atoms. The number of hydrogen-bond acceptors (Lipinski definition) is 3. The lowest BCUT2D eigenvalue weighted by Gasteiger charge is -2.44. The normalized spacial score (nSPS) is 21.8. The Morgan fingerprint density at radius 2 is 1.85 bits per heavy atom. The Labute approximate surface area is 192 Å².